The molecule has 5 aliphatic carbocycles. The van der Waals surface area contributed by atoms with Gasteiger partial charge in [-0.3, -0.25) is 4.90 Å². The highest BCUT2D eigenvalue weighted by atomic mass is 16.6. The molecule has 7 bridgehead atoms. The Morgan fingerprint density at radius 2 is 1.72 bits per heavy atom. The third-order valence-electron chi connectivity index (χ3n) is 12.9. The van der Waals surface area contributed by atoms with Crippen molar-refractivity contribution < 1.29 is 48.9 Å². The van der Waals surface area contributed by atoms with Crippen molar-refractivity contribution in [3.05, 3.63) is 35.9 Å². The summed E-state index contributed by atoms with van der Waals surface area (Å²) in [5.41, 5.74) is -4.81. The summed E-state index contributed by atoms with van der Waals surface area (Å²) in [6, 6.07) is 8.25. The maximum atomic E-state index is 13.6. The molecular weight excluding hydrogens is 558 g/mol. The number of hydrogen-bond donors (Lipinski definition) is 4. The van der Waals surface area contributed by atoms with E-state index in [4.69, 9.17) is 23.7 Å². The first-order valence-corrected chi connectivity index (χ1v) is 15.5. The molecule has 1 saturated heterocycles. The molecule has 15 atom stereocenters. The molecule has 1 aromatic rings. The monoisotopic (exact) mass is 603 g/mol. The molecule has 43 heavy (non-hydrogen) atoms. The number of aliphatic hydroxyl groups is 4. The number of methoxy groups -OCH3 is 4. The Balaban J connectivity index is 1.48. The van der Waals surface area contributed by atoms with Crippen LogP contribution in [0.25, 0.3) is 0 Å². The Morgan fingerprint density at radius 1 is 1.00 bits per heavy atom. The molecule has 1 aromatic carbocycles. The number of fused-ring (bicyclic) bond motifs is 2. The van der Waals surface area contributed by atoms with Crippen LogP contribution in [-0.2, 0) is 23.7 Å². The number of rotatable bonds is 8. The fourth-order valence-electron chi connectivity index (χ4n) is 11.9. The van der Waals surface area contributed by atoms with Gasteiger partial charge >= 0.3 is 5.97 Å². The van der Waals surface area contributed by atoms with E-state index in [0.29, 0.717) is 25.1 Å². The smallest absolute Gasteiger partial charge is 0.338 e. The lowest BCUT2D eigenvalue weighted by molar-refractivity contribution is -0.320. The zero-order valence-corrected chi connectivity index (χ0v) is 25.5. The quantitative estimate of drug-likeness (QED) is 0.300. The van der Waals surface area contributed by atoms with Crippen molar-refractivity contribution in [2.45, 2.75) is 73.6 Å². The number of nitrogens with zero attached hydrogens (tertiary/aromatic N) is 1. The summed E-state index contributed by atoms with van der Waals surface area (Å²) < 4.78 is 30.5. The normalized spacial score (nSPS) is 52.7. The molecule has 1 unspecified atom stereocenters. The van der Waals surface area contributed by atoms with Gasteiger partial charge in [0.2, 0.25) is 0 Å². The Labute approximate surface area is 252 Å². The van der Waals surface area contributed by atoms with Gasteiger partial charge in [0.05, 0.1) is 30.5 Å². The van der Waals surface area contributed by atoms with E-state index in [2.05, 4.69) is 11.8 Å². The minimum absolute atomic E-state index is 0.106. The maximum absolute atomic E-state index is 13.6. The molecule has 7 rings (SSSR count). The number of carbonyl (C=O) groups excluding carboxylic acids is 1. The second-order valence-electron chi connectivity index (χ2n) is 13.9. The Kier molecular flexibility index (Phi) is 6.92. The molecule has 1 spiro atoms. The number of benzene rings is 1. The summed E-state index contributed by atoms with van der Waals surface area (Å²) in [5, 5.41) is 49.7. The van der Waals surface area contributed by atoms with Crippen LogP contribution in [0.5, 0.6) is 0 Å². The van der Waals surface area contributed by atoms with E-state index in [0.717, 1.165) is 0 Å². The van der Waals surface area contributed by atoms with Gasteiger partial charge in [0.25, 0.3) is 0 Å². The molecule has 238 valence electrons. The van der Waals surface area contributed by atoms with Gasteiger partial charge in [-0.05, 0) is 31.0 Å². The van der Waals surface area contributed by atoms with Crippen LogP contribution < -0.4 is 0 Å². The molecule has 0 amide bonds. The predicted octanol–water partition coefficient (Wildman–Crippen LogP) is 0.0773. The van der Waals surface area contributed by atoms with E-state index >= 15 is 0 Å². The third-order valence-corrected chi connectivity index (χ3v) is 12.9. The number of likely N-dealkylation sites (tertiary alicyclic amines) is 1. The first-order chi connectivity index (χ1) is 20.6. The lowest BCUT2D eigenvalue weighted by Crippen LogP contribution is -2.81. The topological polar surface area (TPSA) is 147 Å². The highest BCUT2D eigenvalue weighted by Crippen LogP contribution is 2.80. The van der Waals surface area contributed by atoms with Crippen molar-refractivity contribution in [2.24, 2.45) is 34.5 Å². The van der Waals surface area contributed by atoms with Crippen molar-refractivity contribution in [1.29, 1.82) is 0 Å². The molecule has 11 heteroatoms. The van der Waals surface area contributed by atoms with Gasteiger partial charge in [-0.25, -0.2) is 4.79 Å². The summed E-state index contributed by atoms with van der Waals surface area (Å²) in [5.74, 6) is -2.94. The van der Waals surface area contributed by atoms with Crippen molar-refractivity contribution in [1.82, 2.24) is 4.90 Å². The fourth-order valence-corrected chi connectivity index (χ4v) is 11.9. The molecule has 0 aromatic heterocycles. The zero-order valence-electron chi connectivity index (χ0n) is 25.5. The van der Waals surface area contributed by atoms with Crippen LogP contribution in [0.3, 0.4) is 0 Å². The second kappa shape index (κ2) is 9.91. The van der Waals surface area contributed by atoms with Gasteiger partial charge in [0.1, 0.15) is 29.5 Å². The Bertz CT molecular complexity index is 1250. The summed E-state index contributed by atoms with van der Waals surface area (Å²) in [7, 11) is 6.29. The molecule has 1 aliphatic heterocycles. The summed E-state index contributed by atoms with van der Waals surface area (Å²) >= 11 is 0. The third kappa shape index (κ3) is 3.28. The van der Waals surface area contributed by atoms with Crippen molar-refractivity contribution in [3.8, 4) is 0 Å². The molecule has 11 nitrogen and oxygen atoms in total. The fraction of sp³-hybridized carbons (Fsp3) is 0.781. The van der Waals surface area contributed by atoms with Crippen molar-refractivity contribution in [2.75, 3.05) is 48.1 Å². The molecule has 4 N–H and O–H groups in total. The lowest BCUT2D eigenvalue weighted by atomic mass is 9.42. The first-order valence-electron chi connectivity index (χ1n) is 15.5. The Morgan fingerprint density at radius 3 is 2.33 bits per heavy atom. The van der Waals surface area contributed by atoms with Gasteiger partial charge in [-0.1, -0.05) is 25.1 Å². The molecule has 5 saturated carbocycles. The van der Waals surface area contributed by atoms with E-state index in [1.54, 1.807) is 51.7 Å². The van der Waals surface area contributed by atoms with Gasteiger partial charge in [0.15, 0.2) is 0 Å². The van der Waals surface area contributed by atoms with Crippen LogP contribution in [0.4, 0.5) is 0 Å². The number of piperidine rings is 1. The van der Waals surface area contributed by atoms with Crippen molar-refractivity contribution in [3.63, 3.8) is 0 Å². The number of carbonyl (C=O) groups is 1. The average Bonchev–Trinajstić information content (AvgIpc) is 3.39. The summed E-state index contributed by atoms with van der Waals surface area (Å²) in [6.07, 6.45) is -5.27. The minimum Gasteiger partial charge on any atom is -0.455 e. The summed E-state index contributed by atoms with van der Waals surface area (Å²) in [4.78, 5) is 15.8. The Hall–Kier alpha value is -1.67. The van der Waals surface area contributed by atoms with E-state index in [1.165, 1.54) is 7.11 Å². The molecule has 0 radical (unpaired) electrons. The standard InChI is InChI=1S/C32H45NO10/c1-6-33-14-29(15-39-2)18(34)12-19(40-3)31-17-13-30(37)26(43-28(36)16-10-8-7-9-11-16)20(17)32(38,25(35)27(30)42-5)21(24(31)33)22(41-4)23(29)31/h7-11,17-27,34-35,37-38H,6,12-15H2,1-5H3/t17-,18?,19-,20-,21+,22+,23-,24-,25+,26-,27+,29+,30+,31+,32-/m1/s1. The van der Waals surface area contributed by atoms with Crippen LogP contribution in [0.15, 0.2) is 30.3 Å². The number of hydrogen-bond acceptors (Lipinski definition) is 11. The maximum Gasteiger partial charge on any atom is 0.338 e. The van der Waals surface area contributed by atoms with Gasteiger partial charge < -0.3 is 44.1 Å². The van der Waals surface area contributed by atoms with Crippen LogP contribution >= 0.6 is 0 Å². The lowest BCUT2D eigenvalue weighted by Gasteiger charge is -2.70. The minimum atomic E-state index is -1.86. The van der Waals surface area contributed by atoms with Crippen LogP contribution in [-0.4, -0.2) is 133 Å². The van der Waals surface area contributed by atoms with Gasteiger partial charge in [-0.2, -0.15) is 0 Å². The zero-order chi connectivity index (χ0) is 30.7. The number of esters is 1. The van der Waals surface area contributed by atoms with Crippen molar-refractivity contribution >= 4 is 5.97 Å². The number of aliphatic hydroxyl groups excluding tert-OH is 2. The number of ether oxygens (including phenoxy) is 5. The summed E-state index contributed by atoms with van der Waals surface area (Å²) in [6.45, 7) is 3.46. The van der Waals surface area contributed by atoms with E-state index < -0.39 is 82.4 Å². The average molecular weight is 604 g/mol. The molecular formula is C32H45NO10. The molecule has 1 heterocycles. The first kappa shape index (κ1) is 30.0. The van der Waals surface area contributed by atoms with E-state index in [1.807, 2.05) is 0 Å². The molecule has 6 fully saturated rings. The molecule has 6 aliphatic rings. The second-order valence-corrected chi connectivity index (χ2v) is 13.9. The van der Waals surface area contributed by atoms with Crippen LogP contribution in [0.1, 0.15) is 30.1 Å². The van der Waals surface area contributed by atoms with Crippen LogP contribution in [0.2, 0.25) is 0 Å². The van der Waals surface area contributed by atoms with E-state index in [9.17, 15) is 25.2 Å². The largest absolute Gasteiger partial charge is 0.455 e. The van der Waals surface area contributed by atoms with Crippen LogP contribution in [0, 0.1) is 34.5 Å². The van der Waals surface area contributed by atoms with E-state index in [-0.39, 0.29) is 25.0 Å². The highest BCUT2D eigenvalue weighted by Gasteiger charge is 2.91. The predicted molar refractivity (Wildman–Crippen MR) is 151 cm³/mol. The van der Waals surface area contributed by atoms with Gasteiger partial charge in [0, 0.05) is 76.0 Å². The SMILES string of the molecule is CCN1C[C@]2(COC)C(O)C[C@@H](OC)[C@@]34[C@@H]5C[C@]6(O)[C@H](OC(=O)c7ccccc7)[C@@H]5[C@@](O)([C@@H]([C@H](OC)[C@H]23)[C@@H]14)[C@@H](O)[C@@H]6OC. The van der Waals surface area contributed by atoms with Gasteiger partial charge in [-0.15, -0.1) is 0 Å². The highest BCUT2D eigenvalue weighted by molar-refractivity contribution is 5.89.